The molecule has 2 aromatic rings. The van der Waals surface area contributed by atoms with Crippen molar-refractivity contribution in [2.45, 2.75) is 25.3 Å². The second-order valence-corrected chi connectivity index (χ2v) is 7.46. The highest BCUT2D eigenvalue weighted by atomic mass is 32.2. The highest BCUT2D eigenvalue weighted by Gasteiger charge is 2.30. The number of thioether (sulfide) groups is 1. The van der Waals surface area contributed by atoms with Gasteiger partial charge in [-0.25, -0.2) is 0 Å². The Morgan fingerprint density at radius 2 is 2.13 bits per heavy atom. The van der Waals surface area contributed by atoms with Crippen LogP contribution in [0.25, 0.3) is 11.0 Å². The number of aromatic nitrogens is 3. The van der Waals surface area contributed by atoms with Crippen LogP contribution in [0.2, 0.25) is 0 Å². The number of carbonyl (C=O) groups excluding carboxylic acids is 1. The Balaban J connectivity index is 1.37. The Morgan fingerprint density at radius 3 is 2.91 bits per heavy atom. The van der Waals surface area contributed by atoms with Crippen molar-refractivity contribution in [1.82, 2.24) is 20.3 Å². The number of fused-ring (bicyclic) bond motifs is 1. The summed E-state index contributed by atoms with van der Waals surface area (Å²) >= 11 is 2.05. The van der Waals surface area contributed by atoms with Crippen LogP contribution in [-0.2, 0) is 4.79 Å². The first-order valence-corrected chi connectivity index (χ1v) is 9.39. The van der Waals surface area contributed by atoms with Gasteiger partial charge in [-0.1, -0.05) is 6.07 Å². The number of amides is 1. The Hall–Kier alpha value is -1.60. The van der Waals surface area contributed by atoms with Crippen LogP contribution in [0.3, 0.4) is 0 Å². The number of piperidine rings is 1. The summed E-state index contributed by atoms with van der Waals surface area (Å²) in [6, 6.07) is 6.38. The predicted octanol–water partition coefficient (Wildman–Crippen LogP) is 2.11. The van der Waals surface area contributed by atoms with Crippen LogP contribution in [0.15, 0.2) is 18.2 Å². The maximum absolute atomic E-state index is 12.6. The van der Waals surface area contributed by atoms with Crippen molar-refractivity contribution in [3.8, 4) is 0 Å². The van der Waals surface area contributed by atoms with Gasteiger partial charge in [-0.05, 0) is 50.2 Å². The van der Waals surface area contributed by atoms with E-state index >= 15 is 0 Å². The summed E-state index contributed by atoms with van der Waals surface area (Å²) in [7, 11) is 0. The Morgan fingerprint density at radius 1 is 1.26 bits per heavy atom. The minimum atomic E-state index is 0.0995. The third-order valence-corrected chi connectivity index (χ3v) is 6.07. The topological polar surface area (TPSA) is 73.9 Å². The zero-order chi connectivity index (χ0) is 15.6. The summed E-state index contributed by atoms with van der Waals surface area (Å²) in [5.41, 5.74) is 2.24. The van der Waals surface area contributed by atoms with E-state index in [-0.39, 0.29) is 11.8 Å². The molecule has 0 radical (unpaired) electrons. The molecule has 2 saturated heterocycles. The van der Waals surface area contributed by atoms with Gasteiger partial charge in [0, 0.05) is 17.7 Å². The molecule has 122 valence electrons. The van der Waals surface area contributed by atoms with Gasteiger partial charge in [0.25, 0.3) is 0 Å². The molecular weight excluding hydrogens is 310 g/mol. The molecular formula is C16H21N5OS. The predicted molar refractivity (Wildman–Crippen MR) is 92.5 cm³/mol. The van der Waals surface area contributed by atoms with Crippen molar-refractivity contribution < 1.29 is 4.79 Å². The van der Waals surface area contributed by atoms with Crippen LogP contribution in [0.1, 0.15) is 19.3 Å². The van der Waals surface area contributed by atoms with E-state index in [1.807, 2.05) is 30.0 Å². The van der Waals surface area contributed by atoms with Crippen LogP contribution < -0.4 is 5.32 Å². The third-order valence-electron chi connectivity index (χ3n) is 4.93. The minimum absolute atomic E-state index is 0.0995. The molecule has 1 aromatic heterocycles. The SMILES string of the molecule is O=C(Nc1cccc2n[nH]nc12)C1CCN(C2CCSC2)CC1. The van der Waals surface area contributed by atoms with Gasteiger partial charge in [0.1, 0.15) is 11.0 Å². The molecule has 0 spiro atoms. The van der Waals surface area contributed by atoms with Gasteiger partial charge in [0.05, 0.1) is 5.69 Å². The number of carbonyl (C=O) groups is 1. The lowest BCUT2D eigenvalue weighted by molar-refractivity contribution is -0.121. The zero-order valence-electron chi connectivity index (χ0n) is 13.0. The van der Waals surface area contributed by atoms with E-state index in [0.29, 0.717) is 0 Å². The van der Waals surface area contributed by atoms with Crippen LogP contribution in [-0.4, -0.2) is 56.9 Å². The summed E-state index contributed by atoms with van der Waals surface area (Å²) in [5, 5.41) is 13.8. The molecule has 4 rings (SSSR count). The van der Waals surface area contributed by atoms with Gasteiger partial charge in [0.2, 0.25) is 5.91 Å². The molecule has 2 aliphatic heterocycles. The Labute approximate surface area is 139 Å². The van der Waals surface area contributed by atoms with Crippen molar-refractivity contribution in [1.29, 1.82) is 0 Å². The van der Waals surface area contributed by atoms with Crippen LogP contribution in [0.5, 0.6) is 0 Å². The third kappa shape index (κ3) is 3.07. The fourth-order valence-electron chi connectivity index (χ4n) is 3.54. The van der Waals surface area contributed by atoms with E-state index in [2.05, 4.69) is 25.6 Å². The number of aromatic amines is 1. The molecule has 2 fully saturated rings. The van der Waals surface area contributed by atoms with E-state index in [0.717, 1.165) is 48.7 Å². The molecule has 6 nitrogen and oxygen atoms in total. The molecule has 1 unspecified atom stereocenters. The fraction of sp³-hybridized carbons (Fsp3) is 0.562. The van der Waals surface area contributed by atoms with E-state index in [4.69, 9.17) is 0 Å². The summed E-state index contributed by atoms with van der Waals surface area (Å²) in [5.74, 6) is 2.75. The summed E-state index contributed by atoms with van der Waals surface area (Å²) < 4.78 is 0. The minimum Gasteiger partial charge on any atom is -0.324 e. The zero-order valence-corrected chi connectivity index (χ0v) is 13.8. The van der Waals surface area contributed by atoms with Crippen LogP contribution in [0.4, 0.5) is 5.69 Å². The van der Waals surface area contributed by atoms with Crippen molar-refractivity contribution in [2.75, 3.05) is 29.9 Å². The molecule has 1 atom stereocenters. The average Bonchev–Trinajstić information content (AvgIpc) is 3.27. The number of rotatable bonds is 3. The van der Waals surface area contributed by atoms with Crippen LogP contribution >= 0.6 is 11.8 Å². The lowest BCUT2D eigenvalue weighted by Crippen LogP contribution is -2.43. The average molecular weight is 331 g/mol. The molecule has 1 aromatic carbocycles. The molecule has 0 aliphatic carbocycles. The van der Waals surface area contributed by atoms with Crippen molar-refractivity contribution in [3.05, 3.63) is 18.2 Å². The first kappa shape index (κ1) is 15.0. The Bertz CT molecular complexity index is 689. The maximum Gasteiger partial charge on any atom is 0.227 e. The van der Waals surface area contributed by atoms with E-state index in [1.165, 1.54) is 17.9 Å². The highest BCUT2D eigenvalue weighted by Crippen LogP contribution is 2.28. The lowest BCUT2D eigenvalue weighted by atomic mass is 9.94. The normalized spacial score (nSPS) is 23.4. The number of anilines is 1. The molecule has 23 heavy (non-hydrogen) atoms. The first-order chi connectivity index (χ1) is 11.3. The standard InChI is InChI=1S/C16H21N5OS/c22-16(17-13-2-1-3-14-15(13)19-20-18-14)11-4-7-21(8-5-11)12-6-9-23-10-12/h1-3,11-12H,4-10H2,(H,17,22)(H,18,19,20). The molecule has 0 bridgehead atoms. The summed E-state index contributed by atoms with van der Waals surface area (Å²) in [6.07, 6.45) is 3.19. The Kier molecular flexibility index (Phi) is 4.22. The number of likely N-dealkylation sites (tertiary alicyclic amines) is 1. The first-order valence-electron chi connectivity index (χ1n) is 8.23. The van der Waals surface area contributed by atoms with Gasteiger partial charge in [-0.2, -0.15) is 27.2 Å². The van der Waals surface area contributed by atoms with Gasteiger partial charge < -0.3 is 5.32 Å². The molecule has 7 heteroatoms. The second kappa shape index (κ2) is 6.49. The lowest BCUT2D eigenvalue weighted by Gasteiger charge is -2.35. The number of nitrogens with zero attached hydrogens (tertiary/aromatic N) is 3. The van der Waals surface area contributed by atoms with Gasteiger partial charge in [-0.15, -0.1) is 0 Å². The number of para-hydroxylation sites is 1. The molecule has 3 heterocycles. The molecule has 1 amide bonds. The number of nitrogens with one attached hydrogen (secondary N) is 2. The van der Waals surface area contributed by atoms with Crippen molar-refractivity contribution in [3.63, 3.8) is 0 Å². The summed E-state index contributed by atoms with van der Waals surface area (Å²) in [4.78, 5) is 15.1. The monoisotopic (exact) mass is 331 g/mol. The second-order valence-electron chi connectivity index (χ2n) is 6.31. The number of hydrogen-bond donors (Lipinski definition) is 2. The van der Waals surface area contributed by atoms with E-state index < -0.39 is 0 Å². The van der Waals surface area contributed by atoms with Crippen molar-refractivity contribution >= 4 is 34.4 Å². The largest absolute Gasteiger partial charge is 0.324 e. The van der Waals surface area contributed by atoms with Gasteiger partial charge >= 0.3 is 0 Å². The molecule has 2 aliphatic rings. The number of hydrogen-bond acceptors (Lipinski definition) is 5. The van der Waals surface area contributed by atoms with Crippen LogP contribution in [0, 0.1) is 5.92 Å². The van der Waals surface area contributed by atoms with E-state index in [9.17, 15) is 4.79 Å². The fourth-order valence-corrected chi connectivity index (χ4v) is 4.80. The number of benzene rings is 1. The van der Waals surface area contributed by atoms with Crippen molar-refractivity contribution in [2.24, 2.45) is 5.92 Å². The summed E-state index contributed by atoms with van der Waals surface area (Å²) in [6.45, 7) is 2.08. The number of H-pyrrole nitrogens is 1. The van der Waals surface area contributed by atoms with Gasteiger partial charge in [-0.3, -0.25) is 9.69 Å². The molecule has 2 N–H and O–H groups in total. The van der Waals surface area contributed by atoms with E-state index in [1.54, 1.807) is 0 Å². The quantitative estimate of drug-likeness (QED) is 0.901. The highest BCUT2D eigenvalue weighted by molar-refractivity contribution is 7.99. The smallest absolute Gasteiger partial charge is 0.227 e. The van der Waals surface area contributed by atoms with Gasteiger partial charge in [0.15, 0.2) is 0 Å². The molecule has 0 saturated carbocycles. The maximum atomic E-state index is 12.6.